The van der Waals surface area contributed by atoms with Crippen LogP contribution >= 0.6 is 11.6 Å². The lowest BCUT2D eigenvalue weighted by atomic mass is 9.94. The Balaban J connectivity index is 2.02. The molecule has 12 heavy (non-hydrogen) atoms. The first kappa shape index (κ1) is 8.32. The van der Waals surface area contributed by atoms with Gasteiger partial charge in [-0.3, -0.25) is 0 Å². The molecule has 0 aromatic carbocycles. The van der Waals surface area contributed by atoms with Crippen LogP contribution in [-0.2, 0) is 4.84 Å². The van der Waals surface area contributed by atoms with Crippen LogP contribution in [0.2, 0.25) is 0 Å². The van der Waals surface area contributed by atoms with E-state index < -0.39 is 0 Å². The lowest BCUT2D eigenvalue weighted by molar-refractivity contribution is 0.210. The van der Waals surface area contributed by atoms with Gasteiger partial charge in [0, 0.05) is 19.0 Å². The van der Waals surface area contributed by atoms with E-state index in [1.807, 2.05) is 0 Å². The molecule has 0 amide bonds. The zero-order valence-corrected chi connectivity index (χ0v) is 7.92. The number of hydrogen-bond donors (Lipinski definition) is 0. The van der Waals surface area contributed by atoms with Gasteiger partial charge in [0.1, 0.15) is 12.3 Å². The normalized spacial score (nSPS) is 40.5. The molecule has 2 heterocycles. The van der Waals surface area contributed by atoms with Gasteiger partial charge in [0.2, 0.25) is 0 Å². The van der Waals surface area contributed by atoms with Crippen molar-refractivity contribution in [1.82, 2.24) is 4.90 Å². The zero-order chi connectivity index (χ0) is 8.55. The minimum absolute atomic E-state index is 0.431. The van der Waals surface area contributed by atoms with E-state index in [0.717, 1.165) is 12.5 Å². The third-order valence-electron chi connectivity index (χ3n) is 2.82. The highest BCUT2D eigenvalue weighted by atomic mass is 35.5. The zero-order valence-electron chi connectivity index (χ0n) is 7.16. The van der Waals surface area contributed by atoms with Crippen molar-refractivity contribution >= 4 is 16.8 Å². The molecule has 2 saturated heterocycles. The molecule has 0 aliphatic carbocycles. The monoisotopic (exact) mass is 188 g/mol. The lowest BCUT2D eigenvalue weighted by Crippen LogP contribution is -2.27. The predicted octanol–water partition coefficient (Wildman–Crippen LogP) is 1.14. The maximum Gasteiger partial charge on any atom is 0.150 e. The van der Waals surface area contributed by atoms with E-state index in [1.54, 1.807) is 0 Å². The van der Waals surface area contributed by atoms with E-state index in [2.05, 4.69) is 14.9 Å². The molecule has 2 bridgehead atoms. The summed E-state index contributed by atoms with van der Waals surface area (Å²) in [5.41, 5.74) is 0. The molecule has 0 saturated carbocycles. The number of rotatable bonds is 2. The SMILES string of the molecule is CON=C(Cl)C1CN2CCC1C2. The van der Waals surface area contributed by atoms with Gasteiger partial charge in [0.15, 0.2) is 0 Å². The van der Waals surface area contributed by atoms with Crippen LogP contribution in [0.25, 0.3) is 0 Å². The summed E-state index contributed by atoms with van der Waals surface area (Å²) in [4.78, 5) is 7.09. The largest absolute Gasteiger partial charge is 0.398 e. The summed E-state index contributed by atoms with van der Waals surface area (Å²) in [6.07, 6.45) is 1.26. The Morgan fingerprint density at radius 2 is 2.42 bits per heavy atom. The van der Waals surface area contributed by atoms with Gasteiger partial charge >= 0.3 is 0 Å². The van der Waals surface area contributed by atoms with E-state index >= 15 is 0 Å². The lowest BCUT2D eigenvalue weighted by Gasteiger charge is -2.19. The fraction of sp³-hybridized carbons (Fsp3) is 0.875. The first-order valence-electron chi connectivity index (χ1n) is 4.30. The van der Waals surface area contributed by atoms with Crippen LogP contribution in [0, 0.1) is 11.8 Å². The van der Waals surface area contributed by atoms with Crippen molar-refractivity contribution in [2.45, 2.75) is 6.42 Å². The van der Waals surface area contributed by atoms with E-state index in [9.17, 15) is 0 Å². The Kier molecular flexibility index (Phi) is 2.24. The average Bonchev–Trinajstić information content (AvgIpc) is 2.64. The number of hydrogen-bond acceptors (Lipinski definition) is 3. The van der Waals surface area contributed by atoms with Gasteiger partial charge in [-0.05, 0) is 18.9 Å². The summed E-state index contributed by atoms with van der Waals surface area (Å²) in [6.45, 7) is 3.49. The topological polar surface area (TPSA) is 24.8 Å². The molecular weight excluding hydrogens is 176 g/mol. The van der Waals surface area contributed by atoms with Crippen molar-refractivity contribution in [2.24, 2.45) is 17.0 Å². The molecular formula is C8H13ClN2O. The van der Waals surface area contributed by atoms with Crippen molar-refractivity contribution < 1.29 is 4.84 Å². The highest BCUT2D eigenvalue weighted by Gasteiger charge is 2.40. The van der Waals surface area contributed by atoms with Crippen molar-refractivity contribution in [3.63, 3.8) is 0 Å². The molecule has 0 N–H and O–H groups in total. The minimum Gasteiger partial charge on any atom is -0.398 e. The molecule has 3 unspecified atom stereocenters. The fourth-order valence-electron chi connectivity index (χ4n) is 2.21. The molecule has 3 nitrogen and oxygen atoms in total. The van der Waals surface area contributed by atoms with Gasteiger partial charge in [-0.2, -0.15) is 0 Å². The van der Waals surface area contributed by atoms with Crippen molar-refractivity contribution in [2.75, 3.05) is 26.7 Å². The van der Waals surface area contributed by atoms with Crippen LogP contribution in [0.1, 0.15) is 6.42 Å². The molecule has 0 aromatic heterocycles. The third-order valence-corrected chi connectivity index (χ3v) is 3.17. The number of nitrogens with zero attached hydrogens (tertiary/aromatic N) is 2. The summed E-state index contributed by atoms with van der Waals surface area (Å²) < 4.78 is 0. The highest BCUT2D eigenvalue weighted by molar-refractivity contribution is 6.65. The van der Waals surface area contributed by atoms with Gasteiger partial charge < -0.3 is 9.74 Å². The van der Waals surface area contributed by atoms with E-state index in [0.29, 0.717) is 11.1 Å². The molecule has 2 aliphatic heterocycles. The summed E-state index contributed by atoms with van der Waals surface area (Å²) in [5.74, 6) is 1.15. The van der Waals surface area contributed by atoms with Crippen molar-refractivity contribution in [3.8, 4) is 0 Å². The Labute approximate surface area is 77.3 Å². The molecule has 68 valence electrons. The second-order valence-corrected chi connectivity index (χ2v) is 3.90. The number of oxime groups is 1. The molecule has 0 aromatic rings. The Morgan fingerprint density at radius 1 is 1.58 bits per heavy atom. The van der Waals surface area contributed by atoms with Crippen LogP contribution in [0.3, 0.4) is 0 Å². The molecule has 0 radical (unpaired) electrons. The van der Waals surface area contributed by atoms with Crippen LogP contribution in [0.4, 0.5) is 0 Å². The molecule has 2 rings (SSSR count). The van der Waals surface area contributed by atoms with Crippen molar-refractivity contribution in [1.29, 1.82) is 0 Å². The first-order valence-corrected chi connectivity index (χ1v) is 4.68. The second-order valence-electron chi connectivity index (χ2n) is 3.51. The fourth-order valence-corrected chi connectivity index (χ4v) is 2.53. The standard InChI is InChI=1S/C8H13ClN2O/c1-12-10-8(9)7-5-11-3-2-6(7)4-11/h6-7H,2-5H2,1H3. The smallest absolute Gasteiger partial charge is 0.150 e. The summed E-state index contributed by atoms with van der Waals surface area (Å²) >= 11 is 5.98. The van der Waals surface area contributed by atoms with E-state index in [1.165, 1.54) is 26.6 Å². The summed E-state index contributed by atoms with van der Waals surface area (Å²) in [6, 6.07) is 0. The Morgan fingerprint density at radius 3 is 2.92 bits per heavy atom. The number of fused-ring (bicyclic) bond motifs is 2. The maximum absolute atomic E-state index is 5.98. The predicted molar refractivity (Wildman–Crippen MR) is 48.3 cm³/mol. The third kappa shape index (κ3) is 1.31. The van der Waals surface area contributed by atoms with Gasteiger partial charge in [-0.1, -0.05) is 16.8 Å². The molecule has 2 fully saturated rings. The maximum atomic E-state index is 5.98. The van der Waals surface area contributed by atoms with Crippen LogP contribution in [-0.4, -0.2) is 36.8 Å². The van der Waals surface area contributed by atoms with Crippen molar-refractivity contribution in [3.05, 3.63) is 0 Å². The minimum atomic E-state index is 0.431. The van der Waals surface area contributed by atoms with Gasteiger partial charge in [-0.25, -0.2) is 0 Å². The van der Waals surface area contributed by atoms with E-state index in [4.69, 9.17) is 11.6 Å². The average molecular weight is 189 g/mol. The van der Waals surface area contributed by atoms with Crippen LogP contribution < -0.4 is 0 Å². The molecule has 3 atom stereocenters. The molecule has 2 aliphatic rings. The van der Waals surface area contributed by atoms with Gasteiger partial charge in [-0.15, -0.1) is 0 Å². The van der Waals surface area contributed by atoms with Crippen LogP contribution in [0.5, 0.6) is 0 Å². The molecule has 4 heteroatoms. The quantitative estimate of drug-likeness (QED) is 0.480. The second kappa shape index (κ2) is 3.23. The first-order chi connectivity index (χ1) is 5.81. The number of halogens is 1. The summed E-state index contributed by atoms with van der Waals surface area (Å²) in [5, 5.41) is 4.42. The highest BCUT2D eigenvalue weighted by Crippen LogP contribution is 2.34. The van der Waals surface area contributed by atoms with Crippen LogP contribution in [0.15, 0.2) is 5.16 Å². The van der Waals surface area contributed by atoms with E-state index in [-0.39, 0.29) is 0 Å². The summed E-state index contributed by atoms with van der Waals surface area (Å²) in [7, 11) is 1.54. The Bertz CT molecular complexity index is 207. The molecule has 0 spiro atoms. The van der Waals surface area contributed by atoms with Gasteiger partial charge in [0.05, 0.1) is 0 Å². The van der Waals surface area contributed by atoms with Gasteiger partial charge in [0.25, 0.3) is 0 Å². The number of piperidine rings is 1. The Hall–Kier alpha value is -0.280.